The van der Waals surface area contributed by atoms with Gasteiger partial charge in [0.2, 0.25) is 0 Å². The van der Waals surface area contributed by atoms with Crippen LogP contribution in [0.3, 0.4) is 0 Å². The van der Waals surface area contributed by atoms with Crippen LogP contribution in [0.25, 0.3) is 0 Å². The first-order valence-corrected chi connectivity index (χ1v) is 9.43. The van der Waals surface area contributed by atoms with E-state index in [4.69, 9.17) is 4.74 Å². The highest BCUT2D eigenvalue weighted by Gasteiger charge is 2.69. The van der Waals surface area contributed by atoms with Gasteiger partial charge >= 0.3 is 0 Å². The van der Waals surface area contributed by atoms with Gasteiger partial charge in [-0.05, 0) is 61.6 Å². The molecule has 0 radical (unpaired) electrons. The molecule has 1 unspecified atom stereocenters. The number of rotatable bonds is 4. The van der Waals surface area contributed by atoms with E-state index in [1.165, 1.54) is 31.2 Å². The number of ether oxygens (including phenoxy) is 1. The van der Waals surface area contributed by atoms with Crippen molar-refractivity contribution in [3.8, 4) is 11.5 Å². The SMILES string of the molecule is CCCCCc1cc(O)c2c(c1)O[C@]1(C)CC[C@H]3C1[C@@H]2C3(C)C. The van der Waals surface area contributed by atoms with Gasteiger partial charge in [0.25, 0.3) is 0 Å². The number of phenolic OH excluding ortho intramolecular Hbond substituents is 1. The predicted molar refractivity (Wildman–Crippen MR) is 93.1 cm³/mol. The number of benzene rings is 1. The Morgan fingerprint density at radius 2 is 2.00 bits per heavy atom. The third-order valence-corrected chi connectivity index (χ3v) is 7.11. The van der Waals surface area contributed by atoms with Gasteiger partial charge in [-0.1, -0.05) is 33.6 Å². The van der Waals surface area contributed by atoms with Gasteiger partial charge in [-0.25, -0.2) is 0 Å². The lowest BCUT2D eigenvalue weighted by atomic mass is 9.45. The zero-order chi connectivity index (χ0) is 16.4. The Kier molecular flexibility index (Phi) is 3.28. The molecule has 4 rings (SSSR count). The number of unbranched alkanes of at least 4 members (excludes halogenated alkanes) is 2. The van der Waals surface area contributed by atoms with Crippen molar-refractivity contribution < 1.29 is 9.84 Å². The monoisotopic (exact) mass is 314 g/mol. The summed E-state index contributed by atoms with van der Waals surface area (Å²) in [5.41, 5.74) is 2.58. The summed E-state index contributed by atoms with van der Waals surface area (Å²) in [5, 5.41) is 10.7. The van der Waals surface area contributed by atoms with Crippen molar-refractivity contribution in [2.24, 2.45) is 17.3 Å². The minimum Gasteiger partial charge on any atom is -0.508 e. The second-order valence-electron chi connectivity index (χ2n) is 8.87. The van der Waals surface area contributed by atoms with Crippen LogP contribution in [0.2, 0.25) is 0 Å². The molecule has 0 amide bonds. The van der Waals surface area contributed by atoms with E-state index in [0.29, 0.717) is 17.6 Å². The van der Waals surface area contributed by atoms with Crippen LogP contribution in [-0.4, -0.2) is 10.7 Å². The quantitative estimate of drug-likeness (QED) is 0.751. The highest BCUT2D eigenvalue weighted by molar-refractivity contribution is 5.55. The molecule has 0 spiro atoms. The second-order valence-corrected chi connectivity index (χ2v) is 8.87. The summed E-state index contributed by atoms with van der Waals surface area (Å²) in [6.45, 7) is 9.29. The van der Waals surface area contributed by atoms with E-state index in [0.717, 1.165) is 30.1 Å². The van der Waals surface area contributed by atoms with E-state index in [2.05, 4.69) is 33.8 Å². The average Bonchev–Trinajstić information content (AvgIpc) is 2.81. The molecule has 0 aromatic heterocycles. The largest absolute Gasteiger partial charge is 0.508 e. The number of aryl methyl sites for hydroxylation is 1. The Morgan fingerprint density at radius 3 is 2.74 bits per heavy atom. The van der Waals surface area contributed by atoms with Crippen LogP contribution >= 0.6 is 0 Å². The number of phenols is 1. The van der Waals surface area contributed by atoms with Gasteiger partial charge in [0.1, 0.15) is 17.1 Å². The molecule has 0 saturated heterocycles. The van der Waals surface area contributed by atoms with E-state index < -0.39 is 0 Å². The maximum absolute atomic E-state index is 10.7. The van der Waals surface area contributed by atoms with Crippen molar-refractivity contribution in [1.82, 2.24) is 0 Å². The lowest BCUT2D eigenvalue weighted by Crippen LogP contribution is -2.59. The average molecular weight is 314 g/mol. The first-order valence-electron chi connectivity index (χ1n) is 9.43. The van der Waals surface area contributed by atoms with Crippen LogP contribution in [0.4, 0.5) is 0 Å². The molecule has 4 atom stereocenters. The summed E-state index contributed by atoms with van der Waals surface area (Å²) in [4.78, 5) is 0. The van der Waals surface area contributed by atoms with Crippen LogP contribution < -0.4 is 4.74 Å². The molecular weight excluding hydrogens is 284 g/mol. The summed E-state index contributed by atoms with van der Waals surface area (Å²) in [6, 6.07) is 4.22. The van der Waals surface area contributed by atoms with Crippen molar-refractivity contribution in [1.29, 1.82) is 0 Å². The zero-order valence-corrected chi connectivity index (χ0v) is 15.0. The van der Waals surface area contributed by atoms with Gasteiger partial charge in [-0.3, -0.25) is 0 Å². The lowest BCUT2D eigenvalue weighted by Gasteiger charge is -2.62. The topological polar surface area (TPSA) is 29.5 Å². The van der Waals surface area contributed by atoms with Crippen LogP contribution in [0.15, 0.2) is 12.1 Å². The standard InChI is InChI=1S/C21H30O2/c1-5-6-7-8-13-11-15(22)17-16(12-13)23-21(4)10-9-14-18(21)19(17)20(14,2)3/h11-12,14,18-19,22H,5-10H2,1-4H3/t14-,18?,19+,21+/m0/s1. The minimum atomic E-state index is -0.0215. The third-order valence-electron chi connectivity index (χ3n) is 7.11. The molecule has 2 heteroatoms. The molecule has 1 aromatic rings. The van der Waals surface area contributed by atoms with Crippen LogP contribution in [0, 0.1) is 17.3 Å². The molecule has 2 fully saturated rings. The molecule has 126 valence electrons. The Bertz CT molecular complexity index is 633. The van der Waals surface area contributed by atoms with Gasteiger partial charge in [-0.15, -0.1) is 0 Å². The summed E-state index contributed by atoms with van der Waals surface area (Å²) in [6.07, 6.45) is 7.12. The molecule has 0 bridgehead atoms. The lowest BCUT2D eigenvalue weighted by molar-refractivity contribution is -0.121. The maximum atomic E-state index is 10.7. The van der Waals surface area contributed by atoms with E-state index in [-0.39, 0.29) is 11.0 Å². The third kappa shape index (κ3) is 1.99. The molecule has 1 aromatic carbocycles. The minimum absolute atomic E-state index is 0.0215. The second kappa shape index (κ2) is 4.91. The normalized spacial score (nSPS) is 35.9. The molecule has 2 nitrogen and oxygen atoms in total. The van der Waals surface area contributed by atoms with Gasteiger partial charge < -0.3 is 9.84 Å². The Labute approximate surface area is 140 Å². The molecule has 23 heavy (non-hydrogen) atoms. The van der Waals surface area contributed by atoms with E-state index >= 15 is 0 Å². The number of fused-ring (bicyclic) bond motifs is 2. The van der Waals surface area contributed by atoms with Crippen molar-refractivity contribution in [3.63, 3.8) is 0 Å². The predicted octanol–water partition coefficient (Wildman–Crippen LogP) is 5.43. The van der Waals surface area contributed by atoms with Gasteiger partial charge in [-0.2, -0.15) is 0 Å². The first-order chi connectivity index (χ1) is 10.9. The molecule has 1 aliphatic heterocycles. The maximum Gasteiger partial charge on any atom is 0.127 e. The van der Waals surface area contributed by atoms with Crippen molar-refractivity contribution in [3.05, 3.63) is 23.3 Å². The van der Waals surface area contributed by atoms with Crippen molar-refractivity contribution in [2.75, 3.05) is 0 Å². The molecule has 3 aliphatic rings. The Balaban J connectivity index is 1.73. The molecular formula is C21H30O2. The van der Waals surface area contributed by atoms with E-state index in [9.17, 15) is 5.11 Å². The summed E-state index contributed by atoms with van der Waals surface area (Å²) < 4.78 is 6.51. The molecule has 2 saturated carbocycles. The van der Waals surface area contributed by atoms with Crippen LogP contribution in [0.1, 0.15) is 76.8 Å². The molecule has 1 N–H and O–H groups in total. The Morgan fingerprint density at radius 1 is 1.22 bits per heavy atom. The Hall–Kier alpha value is -1.18. The smallest absolute Gasteiger partial charge is 0.127 e. The zero-order valence-electron chi connectivity index (χ0n) is 15.0. The molecule has 2 aliphatic carbocycles. The highest BCUT2D eigenvalue weighted by atomic mass is 16.5. The van der Waals surface area contributed by atoms with Gasteiger partial charge in [0.15, 0.2) is 0 Å². The number of hydrogen-bond donors (Lipinski definition) is 1. The van der Waals surface area contributed by atoms with Crippen LogP contribution in [-0.2, 0) is 6.42 Å². The number of hydrogen-bond acceptors (Lipinski definition) is 2. The van der Waals surface area contributed by atoms with Crippen molar-refractivity contribution >= 4 is 0 Å². The first kappa shape index (κ1) is 15.4. The fourth-order valence-electron chi connectivity index (χ4n) is 5.92. The highest BCUT2D eigenvalue weighted by Crippen LogP contribution is 2.74. The molecule has 1 heterocycles. The fraction of sp³-hybridized carbons (Fsp3) is 0.714. The summed E-state index contributed by atoms with van der Waals surface area (Å²) in [7, 11) is 0. The van der Waals surface area contributed by atoms with Crippen LogP contribution in [0.5, 0.6) is 11.5 Å². The number of aromatic hydroxyl groups is 1. The van der Waals surface area contributed by atoms with Gasteiger partial charge in [0.05, 0.1) is 0 Å². The van der Waals surface area contributed by atoms with Gasteiger partial charge in [0, 0.05) is 17.4 Å². The van der Waals surface area contributed by atoms with E-state index in [1.54, 1.807) is 0 Å². The summed E-state index contributed by atoms with van der Waals surface area (Å²) in [5.74, 6) is 3.22. The van der Waals surface area contributed by atoms with Crippen molar-refractivity contribution in [2.45, 2.75) is 77.7 Å². The summed E-state index contributed by atoms with van der Waals surface area (Å²) >= 11 is 0. The van der Waals surface area contributed by atoms with E-state index in [1.807, 2.05) is 6.07 Å². The fourth-order valence-corrected chi connectivity index (χ4v) is 5.92.